The van der Waals surface area contributed by atoms with Crippen LogP contribution in [-0.4, -0.2) is 18.4 Å². The van der Waals surface area contributed by atoms with Crippen molar-refractivity contribution < 1.29 is 8.42 Å². The summed E-state index contributed by atoms with van der Waals surface area (Å²) in [6, 6.07) is 14.0. The van der Waals surface area contributed by atoms with Gasteiger partial charge in [-0.15, -0.1) is 0 Å². The van der Waals surface area contributed by atoms with Gasteiger partial charge in [-0.1, -0.05) is 35.9 Å². The number of hydrogen-bond donors (Lipinski definition) is 2. The molecule has 0 saturated carbocycles. The van der Waals surface area contributed by atoms with Gasteiger partial charge < -0.3 is 4.98 Å². The Morgan fingerprint density at radius 1 is 1.13 bits per heavy atom. The number of sulfonamides is 1. The number of pyridine rings is 1. The number of benzene rings is 1. The van der Waals surface area contributed by atoms with Crippen molar-refractivity contribution in [1.29, 1.82) is 0 Å². The second kappa shape index (κ2) is 6.44. The normalized spacial score (nSPS) is 11.3. The maximum Gasteiger partial charge on any atom is 0.263 e. The van der Waals surface area contributed by atoms with E-state index in [1.807, 2.05) is 12.1 Å². The first-order valence-corrected chi connectivity index (χ1v) is 8.75. The Hall–Kier alpha value is -2.31. The molecule has 23 heavy (non-hydrogen) atoms. The van der Waals surface area contributed by atoms with Crippen LogP contribution in [0.15, 0.2) is 65.8 Å². The number of nitrogens with zero attached hydrogens (tertiary/aromatic N) is 1. The van der Waals surface area contributed by atoms with E-state index in [9.17, 15) is 8.42 Å². The van der Waals surface area contributed by atoms with Gasteiger partial charge in [0.2, 0.25) is 0 Å². The third-order valence-electron chi connectivity index (χ3n) is 3.27. The van der Waals surface area contributed by atoms with E-state index in [1.54, 1.807) is 42.6 Å². The summed E-state index contributed by atoms with van der Waals surface area (Å²) in [6.07, 6.45) is 3.55. The monoisotopic (exact) mass is 347 g/mol. The average molecular weight is 348 g/mol. The van der Waals surface area contributed by atoms with Crippen LogP contribution in [0.25, 0.3) is 0 Å². The van der Waals surface area contributed by atoms with E-state index in [1.165, 1.54) is 6.20 Å². The Bertz CT molecular complexity index is 908. The SMILES string of the molecule is O=S(=O)(Nc1ccccc1)c1c[nH]c(Cc2cccnc2Cl)c1. The van der Waals surface area contributed by atoms with Crippen LogP contribution in [0.2, 0.25) is 5.15 Å². The van der Waals surface area contributed by atoms with Crippen LogP contribution in [0.4, 0.5) is 5.69 Å². The molecule has 0 amide bonds. The van der Waals surface area contributed by atoms with Crippen LogP contribution in [0.5, 0.6) is 0 Å². The average Bonchev–Trinajstić information content (AvgIpc) is 3.00. The molecule has 118 valence electrons. The minimum atomic E-state index is -3.62. The zero-order valence-corrected chi connectivity index (χ0v) is 13.6. The van der Waals surface area contributed by atoms with E-state index in [4.69, 9.17) is 11.6 Å². The van der Waals surface area contributed by atoms with Gasteiger partial charge in [-0.2, -0.15) is 0 Å². The van der Waals surface area contributed by atoms with Crippen LogP contribution in [0, 0.1) is 0 Å². The van der Waals surface area contributed by atoms with E-state index in [0.717, 1.165) is 11.3 Å². The number of para-hydroxylation sites is 1. The summed E-state index contributed by atoms with van der Waals surface area (Å²) in [7, 11) is -3.62. The second-order valence-corrected chi connectivity index (χ2v) is 7.00. The lowest BCUT2D eigenvalue weighted by atomic mass is 10.2. The van der Waals surface area contributed by atoms with Gasteiger partial charge in [0.15, 0.2) is 0 Å². The largest absolute Gasteiger partial charge is 0.363 e. The molecule has 0 bridgehead atoms. The quantitative estimate of drug-likeness (QED) is 0.694. The van der Waals surface area contributed by atoms with Gasteiger partial charge in [0.05, 0.1) is 0 Å². The van der Waals surface area contributed by atoms with E-state index in [2.05, 4.69) is 14.7 Å². The summed E-state index contributed by atoms with van der Waals surface area (Å²) in [4.78, 5) is 7.15. The highest BCUT2D eigenvalue weighted by Crippen LogP contribution is 2.20. The highest BCUT2D eigenvalue weighted by molar-refractivity contribution is 7.92. The van der Waals surface area contributed by atoms with E-state index >= 15 is 0 Å². The van der Waals surface area contributed by atoms with Gasteiger partial charge in [0.25, 0.3) is 10.0 Å². The molecule has 2 heterocycles. The molecule has 7 heteroatoms. The first-order valence-electron chi connectivity index (χ1n) is 6.89. The Kier molecular flexibility index (Phi) is 4.36. The zero-order chi connectivity index (χ0) is 16.3. The van der Waals surface area contributed by atoms with Gasteiger partial charge in [-0.3, -0.25) is 4.72 Å². The van der Waals surface area contributed by atoms with Crippen molar-refractivity contribution in [3.05, 3.63) is 77.3 Å². The highest BCUT2D eigenvalue weighted by Gasteiger charge is 2.16. The van der Waals surface area contributed by atoms with Crippen molar-refractivity contribution in [2.45, 2.75) is 11.3 Å². The van der Waals surface area contributed by atoms with Crippen LogP contribution in [-0.2, 0) is 16.4 Å². The van der Waals surface area contributed by atoms with Crippen LogP contribution in [0.1, 0.15) is 11.3 Å². The molecule has 1 aromatic carbocycles. The number of hydrogen-bond acceptors (Lipinski definition) is 3. The van der Waals surface area contributed by atoms with Crippen LogP contribution in [0.3, 0.4) is 0 Å². The number of rotatable bonds is 5. The predicted molar refractivity (Wildman–Crippen MR) is 90.1 cm³/mol. The maximum absolute atomic E-state index is 12.4. The molecular weight excluding hydrogens is 334 g/mol. The van der Waals surface area contributed by atoms with Crippen molar-refractivity contribution in [2.24, 2.45) is 0 Å². The van der Waals surface area contributed by atoms with Crippen molar-refractivity contribution in [2.75, 3.05) is 4.72 Å². The van der Waals surface area contributed by atoms with Crippen LogP contribution >= 0.6 is 11.6 Å². The minimum Gasteiger partial charge on any atom is -0.363 e. The summed E-state index contributed by atoms with van der Waals surface area (Å²) >= 11 is 6.02. The Morgan fingerprint density at radius 2 is 1.91 bits per heavy atom. The van der Waals surface area contributed by atoms with Crippen LogP contribution < -0.4 is 4.72 Å². The molecule has 0 saturated heterocycles. The number of anilines is 1. The summed E-state index contributed by atoms with van der Waals surface area (Å²) in [5.41, 5.74) is 2.09. The molecule has 0 spiro atoms. The topological polar surface area (TPSA) is 74.8 Å². The van der Waals surface area contributed by atoms with E-state index in [0.29, 0.717) is 17.3 Å². The van der Waals surface area contributed by atoms with Gasteiger partial charge in [-0.25, -0.2) is 13.4 Å². The highest BCUT2D eigenvalue weighted by atomic mass is 35.5. The van der Waals surface area contributed by atoms with Gasteiger partial charge in [0, 0.05) is 30.2 Å². The Labute approximate surface area is 139 Å². The molecular formula is C16H14ClN3O2S. The third-order valence-corrected chi connectivity index (χ3v) is 4.97. The molecule has 0 unspecified atom stereocenters. The summed E-state index contributed by atoms with van der Waals surface area (Å²) in [5.74, 6) is 0. The smallest absolute Gasteiger partial charge is 0.263 e. The maximum atomic E-state index is 12.4. The lowest BCUT2D eigenvalue weighted by Gasteiger charge is -2.05. The molecule has 5 nitrogen and oxygen atoms in total. The molecule has 2 N–H and O–H groups in total. The van der Waals surface area contributed by atoms with Gasteiger partial charge in [-0.05, 0) is 29.8 Å². The van der Waals surface area contributed by atoms with Crippen molar-refractivity contribution >= 4 is 27.3 Å². The number of aromatic amines is 1. The fourth-order valence-electron chi connectivity index (χ4n) is 2.15. The van der Waals surface area contributed by atoms with E-state index < -0.39 is 10.0 Å². The lowest BCUT2D eigenvalue weighted by molar-refractivity contribution is 0.601. The fourth-order valence-corrected chi connectivity index (χ4v) is 3.41. The third kappa shape index (κ3) is 3.72. The number of H-pyrrole nitrogens is 1. The number of halogens is 1. The molecule has 0 aliphatic carbocycles. The molecule has 3 rings (SSSR count). The lowest BCUT2D eigenvalue weighted by Crippen LogP contribution is -2.11. The zero-order valence-electron chi connectivity index (χ0n) is 12.0. The molecule has 0 aliphatic heterocycles. The number of aromatic nitrogens is 2. The molecule has 0 aliphatic rings. The van der Waals surface area contributed by atoms with Gasteiger partial charge >= 0.3 is 0 Å². The standard InChI is InChI=1S/C16H14ClN3O2S/c17-16-12(5-4-8-18-16)9-14-10-15(11-19-14)23(21,22)20-13-6-2-1-3-7-13/h1-8,10-11,19-20H,9H2. The summed E-state index contributed by atoms with van der Waals surface area (Å²) in [6.45, 7) is 0. The fraction of sp³-hybridized carbons (Fsp3) is 0.0625. The predicted octanol–water partition coefficient (Wildman–Crippen LogP) is 3.45. The van der Waals surface area contributed by atoms with Gasteiger partial charge in [0.1, 0.15) is 10.0 Å². The first-order chi connectivity index (χ1) is 11.0. The number of nitrogens with one attached hydrogen (secondary N) is 2. The second-order valence-electron chi connectivity index (χ2n) is 4.96. The molecule has 2 aromatic heterocycles. The van der Waals surface area contributed by atoms with Crippen molar-refractivity contribution in [1.82, 2.24) is 9.97 Å². The molecule has 0 radical (unpaired) electrons. The van der Waals surface area contributed by atoms with E-state index in [-0.39, 0.29) is 4.90 Å². The molecule has 0 atom stereocenters. The first kappa shape index (κ1) is 15.6. The summed E-state index contributed by atoms with van der Waals surface area (Å²) in [5, 5.41) is 0.411. The summed E-state index contributed by atoms with van der Waals surface area (Å²) < 4.78 is 27.3. The molecule has 3 aromatic rings. The Balaban J connectivity index is 1.80. The van der Waals surface area contributed by atoms with Crippen molar-refractivity contribution in [3.63, 3.8) is 0 Å². The molecule has 0 fully saturated rings. The Morgan fingerprint density at radius 3 is 2.65 bits per heavy atom. The minimum absolute atomic E-state index is 0.177. The van der Waals surface area contributed by atoms with Crippen molar-refractivity contribution in [3.8, 4) is 0 Å².